The summed E-state index contributed by atoms with van der Waals surface area (Å²) in [6.07, 6.45) is 5.62. The van der Waals surface area contributed by atoms with E-state index < -0.39 is 11.9 Å². The van der Waals surface area contributed by atoms with E-state index in [4.69, 9.17) is 18.9 Å². The zero-order valence-electron chi connectivity index (χ0n) is 31.0. The first-order chi connectivity index (χ1) is 26.2. The first-order valence-corrected chi connectivity index (χ1v) is 18.7. The molecule has 2 atom stereocenters. The van der Waals surface area contributed by atoms with Crippen molar-refractivity contribution in [3.05, 3.63) is 131 Å². The maximum atomic E-state index is 14.0. The lowest BCUT2D eigenvalue weighted by Gasteiger charge is -2.17. The Morgan fingerprint density at radius 3 is 1.48 bits per heavy atom. The molecular weight excluding hydrogens is 690 g/mol. The van der Waals surface area contributed by atoms with Crippen LogP contribution >= 0.6 is 0 Å². The first kappa shape index (κ1) is 38.7. The molecule has 0 saturated carbocycles. The number of benzene rings is 4. The molecule has 0 amide bonds. The molecule has 4 aromatic rings. The van der Waals surface area contributed by atoms with Crippen molar-refractivity contribution < 1.29 is 37.3 Å². The van der Waals surface area contributed by atoms with Gasteiger partial charge >= 0.3 is 11.9 Å². The highest BCUT2D eigenvalue weighted by Gasteiger charge is 2.24. The average molecular weight is 739 g/mol. The minimum atomic E-state index is -0.709. The summed E-state index contributed by atoms with van der Waals surface area (Å²) in [6, 6.07) is 24.4. The molecule has 2 aliphatic rings. The Hall–Kier alpha value is -5.06. The lowest BCUT2D eigenvalue weighted by Crippen LogP contribution is -2.26. The van der Waals surface area contributed by atoms with Crippen LogP contribution in [0.1, 0.15) is 35.1 Å². The van der Waals surface area contributed by atoms with Crippen molar-refractivity contribution in [2.45, 2.75) is 39.5 Å². The first-order valence-electron chi connectivity index (χ1n) is 18.7. The molecule has 6 rings (SSSR count). The number of aryl methyl sites for hydroxylation is 2. The van der Waals surface area contributed by atoms with E-state index in [0.29, 0.717) is 59.2 Å². The van der Waals surface area contributed by atoms with Crippen LogP contribution < -0.4 is 18.9 Å². The van der Waals surface area contributed by atoms with Crippen LogP contribution in [0.2, 0.25) is 0 Å². The molecule has 10 heteroatoms. The van der Waals surface area contributed by atoms with Gasteiger partial charge in [0, 0.05) is 38.3 Å². The van der Waals surface area contributed by atoms with Crippen molar-refractivity contribution in [1.29, 1.82) is 0 Å². The molecular formula is C44H48F2N2O6. The van der Waals surface area contributed by atoms with Gasteiger partial charge in [0.15, 0.2) is 0 Å². The zero-order valence-corrected chi connectivity index (χ0v) is 31.0. The third-order valence-electron chi connectivity index (χ3n) is 10.1. The largest absolute Gasteiger partial charge is 0.492 e. The van der Waals surface area contributed by atoms with Crippen LogP contribution in [0.25, 0.3) is 0 Å². The van der Waals surface area contributed by atoms with Crippen molar-refractivity contribution >= 4 is 11.9 Å². The summed E-state index contributed by atoms with van der Waals surface area (Å²) < 4.78 is 50.9. The summed E-state index contributed by atoms with van der Waals surface area (Å²) in [7, 11) is 0. The highest BCUT2D eigenvalue weighted by molar-refractivity contribution is 5.93. The number of hydrogen-bond donors (Lipinski definition) is 0. The maximum absolute atomic E-state index is 14.0. The fourth-order valence-corrected chi connectivity index (χ4v) is 7.17. The van der Waals surface area contributed by atoms with Gasteiger partial charge in [-0.3, -0.25) is 9.80 Å². The van der Waals surface area contributed by atoms with Gasteiger partial charge in [0.05, 0.1) is 0 Å². The lowest BCUT2D eigenvalue weighted by atomic mass is 9.98. The molecule has 0 aromatic heterocycles. The van der Waals surface area contributed by atoms with Gasteiger partial charge in [-0.2, -0.15) is 0 Å². The van der Waals surface area contributed by atoms with Crippen LogP contribution in [-0.4, -0.2) is 74.2 Å². The Morgan fingerprint density at radius 1 is 0.648 bits per heavy atom. The molecule has 54 heavy (non-hydrogen) atoms. The van der Waals surface area contributed by atoms with E-state index in [0.717, 1.165) is 88.2 Å². The van der Waals surface area contributed by atoms with E-state index in [1.165, 1.54) is 12.1 Å². The number of likely N-dealkylation sites (tertiary alicyclic amines) is 2. The van der Waals surface area contributed by atoms with Gasteiger partial charge in [0.1, 0.15) is 47.8 Å². The SMILES string of the molecule is Cc1cc(OCCN2CCC(Cc3ccccc3F)C2)ccc1OC(=O)/C=C\C(=O)Oc1ccc(OCCN2CCC(Cc3ccccc3F)C2)cc1C. The monoisotopic (exact) mass is 738 g/mol. The summed E-state index contributed by atoms with van der Waals surface area (Å²) in [5.41, 5.74) is 2.97. The second kappa shape index (κ2) is 18.8. The topological polar surface area (TPSA) is 77.5 Å². The number of hydrogen-bond acceptors (Lipinski definition) is 8. The zero-order chi connectivity index (χ0) is 37.9. The second-order valence-electron chi connectivity index (χ2n) is 14.2. The van der Waals surface area contributed by atoms with Crippen LogP contribution in [-0.2, 0) is 22.4 Å². The Labute approximate surface area is 316 Å². The Balaban J connectivity index is 0.871. The molecule has 0 N–H and O–H groups in total. The van der Waals surface area contributed by atoms with Gasteiger partial charge in [0.25, 0.3) is 0 Å². The molecule has 284 valence electrons. The van der Waals surface area contributed by atoms with Gasteiger partial charge < -0.3 is 18.9 Å². The molecule has 8 nitrogen and oxygen atoms in total. The normalized spacial score (nSPS) is 17.6. The maximum Gasteiger partial charge on any atom is 0.336 e. The summed E-state index contributed by atoms with van der Waals surface area (Å²) >= 11 is 0. The predicted octanol–water partition coefficient (Wildman–Crippen LogP) is 7.54. The quantitative estimate of drug-likeness (QED) is 0.0664. The molecule has 2 aliphatic heterocycles. The van der Waals surface area contributed by atoms with Gasteiger partial charge in [-0.15, -0.1) is 0 Å². The van der Waals surface area contributed by atoms with Gasteiger partial charge in [-0.1, -0.05) is 36.4 Å². The summed E-state index contributed by atoms with van der Waals surface area (Å²) in [4.78, 5) is 29.7. The lowest BCUT2D eigenvalue weighted by molar-refractivity contribution is -0.131. The van der Waals surface area contributed by atoms with E-state index in [1.807, 2.05) is 38.1 Å². The van der Waals surface area contributed by atoms with E-state index in [2.05, 4.69) is 9.80 Å². The molecule has 0 bridgehead atoms. The van der Waals surface area contributed by atoms with Crippen LogP contribution in [0, 0.1) is 37.3 Å². The van der Waals surface area contributed by atoms with Gasteiger partial charge in [0.2, 0.25) is 0 Å². The van der Waals surface area contributed by atoms with E-state index in [9.17, 15) is 18.4 Å². The third-order valence-corrected chi connectivity index (χ3v) is 10.1. The molecule has 2 saturated heterocycles. The van der Waals surface area contributed by atoms with Crippen LogP contribution in [0.4, 0.5) is 8.78 Å². The number of carbonyl (C=O) groups is 2. The van der Waals surface area contributed by atoms with E-state index in [1.54, 1.807) is 48.5 Å². The van der Waals surface area contributed by atoms with E-state index >= 15 is 0 Å². The average Bonchev–Trinajstić information content (AvgIpc) is 3.80. The fraction of sp³-hybridized carbons (Fsp3) is 0.364. The number of carbonyl (C=O) groups excluding carboxylic acids is 2. The van der Waals surface area contributed by atoms with Crippen LogP contribution in [0.15, 0.2) is 97.1 Å². The second-order valence-corrected chi connectivity index (χ2v) is 14.2. The minimum absolute atomic E-state index is 0.138. The molecule has 0 radical (unpaired) electrons. The molecule has 0 aliphatic carbocycles. The van der Waals surface area contributed by atoms with Gasteiger partial charge in [-0.25, -0.2) is 18.4 Å². The van der Waals surface area contributed by atoms with Gasteiger partial charge in [-0.05, 0) is 135 Å². The highest BCUT2D eigenvalue weighted by Crippen LogP contribution is 2.27. The van der Waals surface area contributed by atoms with Crippen molar-refractivity contribution in [2.24, 2.45) is 11.8 Å². The summed E-state index contributed by atoms with van der Waals surface area (Å²) in [5.74, 6) is 1.21. The summed E-state index contributed by atoms with van der Waals surface area (Å²) in [6.45, 7) is 9.92. The Bertz CT molecular complexity index is 1800. The van der Waals surface area contributed by atoms with Crippen molar-refractivity contribution in [3.8, 4) is 23.0 Å². The Morgan fingerprint density at radius 2 is 1.07 bits per heavy atom. The fourth-order valence-electron chi connectivity index (χ4n) is 7.17. The number of halogens is 2. The molecule has 2 unspecified atom stereocenters. The summed E-state index contributed by atoms with van der Waals surface area (Å²) in [5, 5.41) is 0. The molecule has 0 spiro atoms. The van der Waals surface area contributed by atoms with Crippen molar-refractivity contribution in [3.63, 3.8) is 0 Å². The molecule has 2 heterocycles. The van der Waals surface area contributed by atoms with Crippen LogP contribution in [0.5, 0.6) is 23.0 Å². The van der Waals surface area contributed by atoms with Crippen molar-refractivity contribution in [1.82, 2.24) is 9.80 Å². The number of esters is 2. The standard InChI is InChI=1S/C44H48F2N2O6/c1-31-25-37(51-23-21-47-19-17-33(29-47)27-35-7-3-5-9-39(35)45)11-13-41(31)53-43(49)15-16-44(50)54-42-14-12-38(26-32(42)2)52-24-22-48-20-18-34(30-48)28-36-8-4-6-10-40(36)46/h3-16,25-26,33-34H,17-24,27-30H2,1-2H3/b16-15-. The molecule has 4 aromatic carbocycles. The number of nitrogens with zero attached hydrogens (tertiary/aromatic N) is 2. The smallest absolute Gasteiger partial charge is 0.336 e. The number of ether oxygens (including phenoxy) is 4. The predicted molar refractivity (Wildman–Crippen MR) is 203 cm³/mol. The van der Waals surface area contributed by atoms with Crippen molar-refractivity contribution in [2.75, 3.05) is 52.5 Å². The Kier molecular flexibility index (Phi) is 13.5. The van der Waals surface area contributed by atoms with E-state index in [-0.39, 0.29) is 11.6 Å². The third kappa shape index (κ3) is 11.2. The highest BCUT2D eigenvalue weighted by atomic mass is 19.1. The molecule has 2 fully saturated rings. The minimum Gasteiger partial charge on any atom is -0.492 e. The number of rotatable bonds is 16. The van der Waals surface area contributed by atoms with Crippen LogP contribution in [0.3, 0.4) is 0 Å².